The first-order chi connectivity index (χ1) is 7.19. The summed E-state index contributed by atoms with van der Waals surface area (Å²) in [7, 11) is 1.29. The van der Waals surface area contributed by atoms with Crippen molar-refractivity contribution in [2.75, 3.05) is 24.7 Å². The van der Waals surface area contributed by atoms with E-state index < -0.39 is 5.97 Å². The molecule has 1 rings (SSSR count). The van der Waals surface area contributed by atoms with E-state index in [4.69, 9.17) is 16.9 Å². The molecular formula is C9H11ClN2O3. The summed E-state index contributed by atoms with van der Waals surface area (Å²) in [5.41, 5.74) is 0.854. The molecule has 1 aromatic rings. The average molecular weight is 231 g/mol. The molecule has 1 heterocycles. The number of rotatable bonds is 4. The summed E-state index contributed by atoms with van der Waals surface area (Å²) < 4.78 is 5.82. The van der Waals surface area contributed by atoms with Crippen molar-refractivity contribution in [3.63, 3.8) is 0 Å². The maximum Gasteiger partial charge on any atom is 0.339 e. The number of methoxy groups -OCH3 is 1. The molecule has 0 unspecified atom stereocenters. The van der Waals surface area contributed by atoms with Crippen LogP contribution in [0, 0.1) is 0 Å². The lowest BCUT2D eigenvalue weighted by Gasteiger charge is -2.13. The van der Waals surface area contributed by atoms with Gasteiger partial charge in [0.05, 0.1) is 37.7 Å². The largest absolute Gasteiger partial charge is 0.465 e. The minimum Gasteiger partial charge on any atom is -0.465 e. The van der Waals surface area contributed by atoms with Gasteiger partial charge in [0.2, 0.25) is 0 Å². The predicted molar refractivity (Wildman–Crippen MR) is 55.9 cm³/mol. The number of carbonyl (C=O) groups is 1. The molecule has 0 amide bonds. The number of hydrogen-bond acceptors (Lipinski definition) is 5. The molecular weight excluding hydrogens is 220 g/mol. The van der Waals surface area contributed by atoms with Crippen LogP contribution in [-0.2, 0) is 4.74 Å². The van der Waals surface area contributed by atoms with Crippen molar-refractivity contribution in [2.45, 2.75) is 0 Å². The molecule has 0 aromatic carbocycles. The van der Waals surface area contributed by atoms with Crippen LogP contribution in [0.25, 0.3) is 0 Å². The second-order valence-corrected chi connectivity index (χ2v) is 3.14. The Morgan fingerprint density at radius 3 is 3.00 bits per heavy atom. The highest BCUT2D eigenvalue weighted by molar-refractivity contribution is 6.25. The zero-order valence-electron chi connectivity index (χ0n) is 8.18. The van der Waals surface area contributed by atoms with E-state index in [9.17, 15) is 4.79 Å². The second-order valence-electron chi connectivity index (χ2n) is 2.73. The van der Waals surface area contributed by atoms with E-state index in [0.717, 1.165) is 0 Å². The molecule has 0 aliphatic heterocycles. The van der Waals surface area contributed by atoms with Crippen molar-refractivity contribution in [3.05, 3.63) is 24.0 Å². The Morgan fingerprint density at radius 2 is 2.40 bits per heavy atom. The zero-order chi connectivity index (χ0) is 11.3. The summed E-state index contributed by atoms with van der Waals surface area (Å²) in [4.78, 5) is 15.0. The Morgan fingerprint density at radius 1 is 1.67 bits per heavy atom. The van der Waals surface area contributed by atoms with E-state index in [1.165, 1.54) is 23.9 Å². The number of aliphatic hydroxyl groups is 1. The number of nitrogens with zero attached hydrogens (tertiary/aromatic N) is 2. The van der Waals surface area contributed by atoms with Crippen molar-refractivity contribution >= 4 is 23.4 Å². The molecule has 0 radical (unpaired) electrons. The molecule has 0 spiro atoms. The van der Waals surface area contributed by atoms with Gasteiger partial charge in [0.15, 0.2) is 0 Å². The SMILES string of the molecule is COC(=O)c1cncc(N(Cl)CCO)c1. The minimum absolute atomic E-state index is 0.0774. The van der Waals surface area contributed by atoms with Crippen LogP contribution in [-0.4, -0.2) is 36.3 Å². The standard InChI is InChI=1S/C9H11ClN2O3/c1-15-9(14)7-4-8(6-11-5-7)12(10)2-3-13/h4-6,13H,2-3H2,1H3. The lowest BCUT2D eigenvalue weighted by atomic mass is 10.2. The van der Waals surface area contributed by atoms with E-state index in [1.807, 2.05) is 0 Å². The van der Waals surface area contributed by atoms with Crippen molar-refractivity contribution in [2.24, 2.45) is 0 Å². The lowest BCUT2D eigenvalue weighted by molar-refractivity contribution is 0.0600. The summed E-state index contributed by atoms with van der Waals surface area (Å²) >= 11 is 5.81. The maximum atomic E-state index is 11.2. The number of carbonyl (C=O) groups excluding carboxylic acids is 1. The third kappa shape index (κ3) is 3.07. The monoisotopic (exact) mass is 230 g/mol. The van der Waals surface area contributed by atoms with Gasteiger partial charge in [0.1, 0.15) is 0 Å². The average Bonchev–Trinajstić information content (AvgIpc) is 2.28. The fourth-order valence-corrected chi connectivity index (χ4v) is 1.17. The molecule has 1 N–H and O–H groups in total. The van der Waals surface area contributed by atoms with E-state index in [1.54, 1.807) is 6.07 Å². The van der Waals surface area contributed by atoms with E-state index >= 15 is 0 Å². The fraction of sp³-hybridized carbons (Fsp3) is 0.333. The first kappa shape index (κ1) is 11.7. The van der Waals surface area contributed by atoms with Crippen LogP contribution < -0.4 is 4.42 Å². The molecule has 0 saturated carbocycles. The molecule has 0 saturated heterocycles. The van der Waals surface area contributed by atoms with Crippen molar-refractivity contribution < 1.29 is 14.6 Å². The summed E-state index contributed by atoms with van der Waals surface area (Å²) in [6, 6.07) is 1.54. The summed E-state index contributed by atoms with van der Waals surface area (Å²) in [6.07, 6.45) is 2.88. The normalized spacial score (nSPS) is 9.80. The third-order valence-electron chi connectivity index (χ3n) is 1.72. The number of pyridine rings is 1. The Bertz CT molecular complexity index is 346. The van der Waals surface area contributed by atoms with E-state index in [-0.39, 0.29) is 13.2 Å². The van der Waals surface area contributed by atoms with Crippen molar-refractivity contribution in [3.8, 4) is 0 Å². The quantitative estimate of drug-likeness (QED) is 0.613. The number of ether oxygens (including phenoxy) is 1. The van der Waals surface area contributed by atoms with Gasteiger partial charge in [-0.05, 0) is 6.07 Å². The highest BCUT2D eigenvalue weighted by Gasteiger charge is 2.09. The minimum atomic E-state index is -0.474. The Balaban J connectivity index is 2.87. The van der Waals surface area contributed by atoms with Gasteiger partial charge in [-0.15, -0.1) is 0 Å². The van der Waals surface area contributed by atoms with E-state index in [0.29, 0.717) is 11.3 Å². The summed E-state index contributed by atoms with van der Waals surface area (Å²) in [5, 5.41) is 8.68. The Hall–Kier alpha value is -1.33. The molecule has 0 aliphatic rings. The van der Waals surface area contributed by atoms with Gasteiger partial charge in [0.25, 0.3) is 0 Å². The van der Waals surface area contributed by atoms with Crippen LogP contribution in [0.2, 0.25) is 0 Å². The molecule has 15 heavy (non-hydrogen) atoms. The van der Waals surface area contributed by atoms with Crippen molar-refractivity contribution in [1.82, 2.24) is 4.98 Å². The molecule has 1 aromatic heterocycles. The number of aliphatic hydroxyl groups excluding tert-OH is 1. The van der Waals surface area contributed by atoms with Gasteiger partial charge in [-0.3, -0.25) is 9.40 Å². The van der Waals surface area contributed by atoms with Gasteiger partial charge in [-0.25, -0.2) is 4.79 Å². The van der Waals surface area contributed by atoms with Gasteiger partial charge >= 0.3 is 5.97 Å². The van der Waals surface area contributed by atoms with Crippen LogP contribution in [0.1, 0.15) is 10.4 Å². The molecule has 82 valence electrons. The number of esters is 1. The summed E-state index contributed by atoms with van der Waals surface area (Å²) in [5.74, 6) is -0.474. The zero-order valence-corrected chi connectivity index (χ0v) is 8.94. The van der Waals surface area contributed by atoms with Gasteiger partial charge in [0, 0.05) is 18.0 Å². The van der Waals surface area contributed by atoms with Crippen LogP contribution in [0.3, 0.4) is 0 Å². The molecule has 0 bridgehead atoms. The van der Waals surface area contributed by atoms with Crippen LogP contribution in [0.5, 0.6) is 0 Å². The predicted octanol–water partition coefficient (Wildman–Crippen LogP) is 0.821. The number of hydrogen-bond donors (Lipinski definition) is 1. The summed E-state index contributed by atoms with van der Waals surface area (Å²) in [6.45, 7) is 0.180. The topological polar surface area (TPSA) is 62.7 Å². The highest BCUT2D eigenvalue weighted by Crippen LogP contribution is 2.16. The number of halogens is 1. The molecule has 5 nitrogen and oxygen atoms in total. The number of anilines is 1. The third-order valence-corrected chi connectivity index (χ3v) is 2.09. The second kappa shape index (κ2) is 5.53. The lowest BCUT2D eigenvalue weighted by Crippen LogP contribution is -2.16. The van der Waals surface area contributed by atoms with Crippen LogP contribution in [0.4, 0.5) is 5.69 Å². The smallest absolute Gasteiger partial charge is 0.339 e. The highest BCUT2D eigenvalue weighted by atomic mass is 35.5. The molecule has 0 aliphatic carbocycles. The fourth-order valence-electron chi connectivity index (χ4n) is 1.01. The Labute approximate surface area is 92.4 Å². The molecule has 0 atom stereocenters. The first-order valence-corrected chi connectivity index (χ1v) is 4.60. The van der Waals surface area contributed by atoms with Gasteiger partial charge in [-0.1, -0.05) is 0 Å². The van der Waals surface area contributed by atoms with E-state index in [2.05, 4.69) is 9.72 Å². The first-order valence-electron chi connectivity index (χ1n) is 4.26. The van der Waals surface area contributed by atoms with Crippen LogP contribution >= 0.6 is 11.8 Å². The maximum absolute atomic E-state index is 11.2. The van der Waals surface area contributed by atoms with Crippen LogP contribution in [0.15, 0.2) is 18.5 Å². The molecule has 6 heteroatoms. The molecule has 0 fully saturated rings. The van der Waals surface area contributed by atoms with Gasteiger partial charge in [-0.2, -0.15) is 0 Å². The van der Waals surface area contributed by atoms with Gasteiger partial charge < -0.3 is 9.84 Å². The van der Waals surface area contributed by atoms with Crippen molar-refractivity contribution in [1.29, 1.82) is 0 Å². The number of aromatic nitrogens is 1. The Kier molecular flexibility index (Phi) is 4.33.